The number of ether oxygens (including phenoxy) is 2. The van der Waals surface area contributed by atoms with Crippen LogP contribution in [0.3, 0.4) is 0 Å². The molecule has 2 atom stereocenters. The Labute approximate surface area is 139 Å². The summed E-state index contributed by atoms with van der Waals surface area (Å²) in [7, 11) is 1.81. The molecule has 1 N–H and O–H groups in total. The minimum atomic E-state index is -0.247. The van der Waals surface area contributed by atoms with Crippen LogP contribution >= 0.6 is 0 Å². The fourth-order valence-electron chi connectivity index (χ4n) is 2.61. The molecule has 7 heteroatoms. The molecule has 1 aromatic carbocycles. The van der Waals surface area contributed by atoms with Crippen LogP contribution in [-0.4, -0.2) is 41.0 Å². The standard InChI is InChI=1S/C17H18N4O3/c1-21-9-14(8-19-21)24-16-11-23-10-15(16)20-17(22)6-12-3-2-4-13(5-12)7-18/h2-5,8-9,15-16H,6,10-11H2,1H3,(H,20,22)/t15-,16+/m0/s1. The third-order valence-corrected chi connectivity index (χ3v) is 3.76. The summed E-state index contributed by atoms with van der Waals surface area (Å²) in [6.07, 6.45) is 3.37. The van der Waals surface area contributed by atoms with E-state index in [0.29, 0.717) is 24.5 Å². The summed E-state index contributed by atoms with van der Waals surface area (Å²) in [5.41, 5.74) is 1.34. The van der Waals surface area contributed by atoms with Gasteiger partial charge < -0.3 is 14.8 Å². The van der Waals surface area contributed by atoms with Gasteiger partial charge in [-0.2, -0.15) is 10.4 Å². The van der Waals surface area contributed by atoms with Crippen molar-refractivity contribution in [2.75, 3.05) is 13.2 Å². The molecule has 1 aliphatic rings. The maximum absolute atomic E-state index is 12.2. The van der Waals surface area contributed by atoms with Gasteiger partial charge in [0.05, 0.1) is 49.7 Å². The highest BCUT2D eigenvalue weighted by molar-refractivity contribution is 5.79. The summed E-state index contributed by atoms with van der Waals surface area (Å²) in [5.74, 6) is 0.523. The number of nitriles is 1. The molecule has 0 bridgehead atoms. The Morgan fingerprint density at radius 3 is 3.17 bits per heavy atom. The topological polar surface area (TPSA) is 89.2 Å². The number of hydrogen-bond donors (Lipinski definition) is 1. The molecule has 2 heterocycles. The molecule has 0 spiro atoms. The lowest BCUT2D eigenvalue weighted by Gasteiger charge is -2.19. The number of nitrogens with one attached hydrogen (secondary N) is 1. The van der Waals surface area contributed by atoms with Crippen LogP contribution in [-0.2, 0) is 23.0 Å². The quantitative estimate of drug-likeness (QED) is 0.878. The van der Waals surface area contributed by atoms with Crippen LogP contribution in [0.5, 0.6) is 5.75 Å². The highest BCUT2D eigenvalue weighted by Crippen LogP contribution is 2.16. The average molecular weight is 326 g/mol. The van der Waals surface area contributed by atoms with Crippen molar-refractivity contribution in [2.24, 2.45) is 7.05 Å². The van der Waals surface area contributed by atoms with Crippen LogP contribution in [0.15, 0.2) is 36.7 Å². The zero-order chi connectivity index (χ0) is 16.9. The van der Waals surface area contributed by atoms with Gasteiger partial charge in [-0.3, -0.25) is 9.48 Å². The average Bonchev–Trinajstić information content (AvgIpc) is 3.17. The Bertz CT molecular complexity index is 765. The predicted octanol–water partition coefficient (Wildman–Crippen LogP) is 0.797. The molecule has 3 rings (SSSR count). The minimum Gasteiger partial charge on any atom is -0.482 e. The number of nitrogens with zero attached hydrogens (tertiary/aromatic N) is 3. The van der Waals surface area contributed by atoms with Gasteiger partial charge >= 0.3 is 0 Å². The van der Waals surface area contributed by atoms with Gasteiger partial charge in [-0.05, 0) is 17.7 Å². The fourth-order valence-corrected chi connectivity index (χ4v) is 2.61. The van der Waals surface area contributed by atoms with Crippen molar-refractivity contribution in [2.45, 2.75) is 18.6 Å². The van der Waals surface area contributed by atoms with Gasteiger partial charge in [0, 0.05) is 7.05 Å². The van der Waals surface area contributed by atoms with Crippen molar-refractivity contribution in [1.82, 2.24) is 15.1 Å². The van der Waals surface area contributed by atoms with E-state index >= 15 is 0 Å². The number of amides is 1. The Kier molecular flexibility index (Phi) is 4.77. The second kappa shape index (κ2) is 7.15. The number of rotatable bonds is 5. The lowest BCUT2D eigenvalue weighted by molar-refractivity contribution is -0.121. The Morgan fingerprint density at radius 1 is 1.54 bits per heavy atom. The molecule has 1 aromatic heterocycles. The number of hydrogen-bond acceptors (Lipinski definition) is 5. The van der Waals surface area contributed by atoms with Crippen molar-refractivity contribution in [3.8, 4) is 11.8 Å². The first-order valence-corrected chi connectivity index (χ1v) is 7.65. The van der Waals surface area contributed by atoms with E-state index in [1.54, 1.807) is 35.3 Å². The van der Waals surface area contributed by atoms with Gasteiger partial charge in [0.15, 0.2) is 5.75 Å². The summed E-state index contributed by atoms with van der Waals surface area (Å²) in [4.78, 5) is 12.2. The molecule has 0 unspecified atom stereocenters. The molecule has 24 heavy (non-hydrogen) atoms. The number of carbonyl (C=O) groups excluding carboxylic acids is 1. The molecule has 0 saturated carbocycles. The van der Waals surface area contributed by atoms with E-state index in [-0.39, 0.29) is 24.5 Å². The van der Waals surface area contributed by atoms with E-state index in [4.69, 9.17) is 14.7 Å². The Hall–Kier alpha value is -2.85. The van der Waals surface area contributed by atoms with Gasteiger partial charge in [0.25, 0.3) is 0 Å². The maximum atomic E-state index is 12.2. The van der Waals surface area contributed by atoms with Crippen LogP contribution in [0.4, 0.5) is 0 Å². The van der Waals surface area contributed by atoms with Crippen LogP contribution in [0.25, 0.3) is 0 Å². The number of aryl methyl sites for hydroxylation is 1. The predicted molar refractivity (Wildman–Crippen MR) is 85.2 cm³/mol. The molecule has 1 aliphatic heterocycles. The lowest BCUT2D eigenvalue weighted by atomic mass is 10.1. The molecule has 124 valence electrons. The molecular formula is C17H18N4O3. The largest absolute Gasteiger partial charge is 0.482 e. The Balaban J connectivity index is 1.57. The molecular weight excluding hydrogens is 308 g/mol. The second-order valence-corrected chi connectivity index (χ2v) is 5.71. The van der Waals surface area contributed by atoms with Gasteiger partial charge in [0.1, 0.15) is 6.10 Å². The number of aromatic nitrogens is 2. The van der Waals surface area contributed by atoms with Gasteiger partial charge in [-0.25, -0.2) is 0 Å². The van der Waals surface area contributed by atoms with E-state index in [1.807, 2.05) is 13.1 Å². The highest BCUT2D eigenvalue weighted by atomic mass is 16.5. The zero-order valence-corrected chi connectivity index (χ0v) is 13.3. The highest BCUT2D eigenvalue weighted by Gasteiger charge is 2.31. The third-order valence-electron chi connectivity index (χ3n) is 3.76. The SMILES string of the molecule is Cn1cc(O[C@@H]2COC[C@@H]2NC(=O)Cc2cccc(C#N)c2)cn1. The van der Waals surface area contributed by atoms with E-state index in [2.05, 4.69) is 16.5 Å². The monoisotopic (exact) mass is 326 g/mol. The molecule has 1 saturated heterocycles. The zero-order valence-electron chi connectivity index (χ0n) is 13.3. The van der Waals surface area contributed by atoms with Crippen LogP contribution in [0.2, 0.25) is 0 Å². The minimum absolute atomic E-state index is 0.125. The maximum Gasteiger partial charge on any atom is 0.224 e. The molecule has 7 nitrogen and oxygen atoms in total. The molecule has 1 amide bonds. The van der Waals surface area contributed by atoms with E-state index in [0.717, 1.165) is 5.56 Å². The van der Waals surface area contributed by atoms with E-state index in [9.17, 15) is 4.79 Å². The van der Waals surface area contributed by atoms with Crippen LogP contribution < -0.4 is 10.1 Å². The van der Waals surface area contributed by atoms with Crippen molar-refractivity contribution in [3.63, 3.8) is 0 Å². The summed E-state index contributed by atoms with van der Waals surface area (Å²) in [6.45, 7) is 0.832. The van der Waals surface area contributed by atoms with Gasteiger partial charge in [0.2, 0.25) is 5.91 Å². The van der Waals surface area contributed by atoms with Gasteiger partial charge in [-0.15, -0.1) is 0 Å². The van der Waals surface area contributed by atoms with Crippen LogP contribution in [0.1, 0.15) is 11.1 Å². The van der Waals surface area contributed by atoms with Gasteiger partial charge in [-0.1, -0.05) is 12.1 Å². The summed E-state index contributed by atoms with van der Waals surface area (Å²) in [5, 5.41) is 15.9. The van der Waals surface area contributed by atoms with E-state index < -0.39 is 0 Å². The first-order chi connectivity index (χ1) is 11.6. The number of benzene rings is 1. The normalized spacial score (nSPS) is 19.7. The summed E-state index contributed by atoms with van der Waals surface area (Å²) >= 11 is 0. The first-order valence-electron chi connectivity index (χ1n) is 7.65. The third kappa shape index (κ3) is 3.91. The molecule has 2 aromatic rings. The molecule has 0 aliphatic carbocycles. The van der Waals surface area contributed by atoms with Crippen molar-refractivity contribution >= 4 is 5.91 Å². The second-order valence-electron chi connectivity index (χ2n) is 5.71. The van der Waals surface area contributed by atoms with Crippen LogP contribution in [0, 0.1) is 11.3 Å². The van der Waals surface area contributed by atoms with Crippen molar-refractivity contribution < 1.29 is 14.3 Å². The smallest absolute Gasteiger partial charge is 0.224 e. The summed E-state index contributed by atoms with van der Waals surface area (Å²) < 4.78 is 12.9. The lowest BCUT2D eigenvalue weighted by Crippen LogP contribution is -2.45. The van der Waals surface area contributed by atoms with Crippen molar-refractivity contribution in [1.29, 1.82) is 5.26 Å². The molecule has 1 fully saturated rings. The van der Waals surface area contributed by atoms with E-state index in [1.165, 1.54) is 0 Å². The fraction of sp³-hybridized carbons (Fsp3) is 0.353. The first kappa shape index (κ1) is 16.0. The Morgan fingerprint density at radius 2 is 2.42 bits per heavy atom. The number of carbonyl (C=O) groups is 1. The van der Waals surface area contributed by atoms with Crippen molar-refractivity contribution in [3.05, 3.63) is 47.8 Å². The molecule has 0 radical (unpaired) electrons. The summed E-state index contributed by atoms with van der Waals surface area (Å²) in [6, 6.07) is 8.89.